The Bertz CT molecular complexity index is 487. The highest BCUT2D eigenvalue weighted by Crippen LogP contribution is 2.35. The molecule has 1 amide bonds. The van der Waals surface area contributed by atoms with Gasteiger partial charge in [-0.2, -0.15) is 0 Å². The van der Waals surface area contributed by atoms with Crippen molar-refractivity contribution in [3.63, 3.8) is 0 Å². The molecule has 1 N–H and O–H groups in total. The molecule has 0 bridgehead atoms. The van der Waals surface area contributed by atoms with Crippen LogP contribution in [0.4, 0.5) is 0 Å². The average Bonchev–Trinajstić information content (AvgIpc) is 2.30. The predicted octanol–water partition coefficient (Wildman–Crippen LogP) is 2.60. The number of carbonyl (C=O) groups is 1. The molecular weight excluding hydrogens is 285 g/mol. The van der Waals surface area contributed by atoms with Crippen LogP contribution in [-0.2, 0) is 0 Å². The zero-order chi connectivity index (χ0) is 14.0. The van der Waals surface area contributed by atoms with E-state index in [1.54, 1.807) is 0 Å². The molecular formula is C13H17Cl2N3O. The SMILES string of the molecule is CN(C)C1(CNC(=O)c2cc(Cl)ncc2Cl)CCC1. The topological polar surface area (TPSA) is 45.2 Å². The number of pyridine rings is 1. The molecule has 2 rings (SSSR count). The van der Waals surface area contributed by atoms with Crippen LogP contribution in [0.1, 0.15) is 29.6 Å². The van der Waals surface area contributed by atoms with Gasteiger partial charge in [0.1, 0.15) is 5.15 Å². The molecule has 0 radical (unpaired) electrons. The first-order valence-electron chi connectivity index (χ1n) is 6.21. The van der Waals surface area contributed by atoms with E-state index in [1.165, 1.54) is 18.7 Å². The Hall–Kier alpha value is -0.840. The van der Waals surface area contributed by atoms with E-state index in [2.05, 4.69) is 15.2 Å². The first kappa shape index (κ1) is 14.6. The summed E-state index contributed by atoms with van der Waals surface area (Å²) in [5.74, 6) is -0.206. The minimum atomic E-state index is -0.206. The number of carbonyl (C=O) groups excluding carboxylic acids is 1. The third kappa shape index (κ3) is 3.02. The number of halogens is 2. The fourth-order valence-corrected chi connectivity index (χ4v) is 2.64. The summed E-state index contributed by atoms with van der Waals surface area (Å²) in [7, 11) is 4.09. The zero-order valence-electron chi connectivity index (χ0n) is 11.0. The monoisotopic (exact) mass is 301 g/mol. The van der Waals surface area contributed by atoms with Crippen LogP contribution < -0.4 is 5.32 Å². The lowest BCUT2D eigenvalue weighted by molar-refractivity contribution is 0.0557. The van der Waals surface area contributed by atoms with Gasteiger partial charge in [0.2, 0.25) is 0 Å². The molecule has 1 heterocycles. The maximum Gasteiger partial charge on any atom is 0.253 e. The van der Waals surface area contributed by atoms with Crippen LogP contribution in [0.2, 0.25) is 10.2 Å². The predicted molar refractivity (Wildman–Crippen MR) is 76.9 cm³/mol. The Morgan fingerprint density at radius 3 is 2.68 bits per heavy atom. The molecule has 1 aromatic heterocycles. The molecule has 19 heavy (non-hydrogen) atoms. The van der Waals surface area contributed by atoms with Crippen molar-refractivity contribution >= 4 is 29.1 Å². The summed E-state index contributed by atoms with van der Waals surface area (Å²) in [5.41, 5.74) is 0.453. The van der Waals surface area contributed by atoms with Gasteiger partial charge in [-0.15, -0.1) is 0 Å². The summed E-state index contributed by atoms with van der Waals surface area (Å²) in [6.07, 6.45) is 4.80. The van der Waals surface area contributed by atoms with Gasteiger partial charge >= 0.3 is 0 Å². The van der Waals surface area contributed by atoms with Crippen LogP contribution >= 0.6 is 23.2 Å². The van der Waals surface area contributed by atoms with Gasteiger partial charge in [0.25, 0.3) is 5.91 Å². The van der Waals surface area contributed by atoms with Gasteiger partial charge in [-0.05, 0) is 39.4 Å². The second kappa shape index (κ2) is 5.65. The van der Waals surface area contributed by atoms with Gasteiger partial charge in [-0.25, -0.2) is 4.98 Å². The van der Waals surface area contributed by atoms with E-state index < -0.39 is 0 Å². The van der Waals surface area contributed by atoms with Crippen LogP contribution in [0.5, 0.6) is 0 Å². The van der Waals surface area contributed by atoms with Crippen molar-refractivity contribution < 1.29 is 4.79 Å². The molecule has 1 aromatic rings. The fraction of sp³-hybridized carbons (Fsp3) is 0.538. The molecule has 0 unspecified atom stereocenters. The molecule has 0 aliphatic heterocycles. The van der Waals surface area contributed by atoms with Crippen molar-refractivity contribution in [2.24, 2.45) is 0 Å². The minimum Gasteiger partial charge on any atom is -0.350 e. The Kier molecular flexibility index (Phi) is 4.33. The first-order valence-corrected chi connectivity index (χ1v) is 6.97. The molecule has 1 saturated carbocycles. The summed E-state index contributed by atoms with van der Waals surface area (Å²) in [6, 6.07) is 1.49. The number of nitrogens with one attached hydrogen (secondary N) is 1. The van der Waals surface area contributed by atoms with E-state index in [-0.39, 0.29) is 16.6 Å². The molecule has 0 spiro atoms. The third-order valence-electron chi connectivity index (χ3n) is 3.88. The van der Waals surface area contributed by atoms with Gasteiger partial charge in [0.05, 0.1) is 10.6 Å². The molecule has 0 saturated heterocycles. The number of amides is 1. The van der Waals surface area contributed by atoms with Crippen molar-refractivity contribution in [2.75, 3.05) is 20.6 Å². The summed E-state index contributed by atoms with van der Waals surface area (Å²) < 4.78 is 0. The Balaban J connectivity index is 2.03. The average molecular weight is 302 g/mol. The maximum absolute atomic E-state index is 12.1. The Labute approximate surface area is 123 Å². The maximum atomic E-state index is 12.1. The molecule has 1 aliphatic rings. The zero-order valence-corrected chi connectivity index (χ0v) is 12.6. The minimum absolute atomic E-state index is 0.0823. The molecule has 104 valence electrons. The van der Waals surface area contributed by atoms with Gasteiger partial charge in [0, 0.05) is 18.3 Å². The number of hydrogen-bond donors (Lipinski definition) is 1. The summed E-state index contributed by atoms with van der Waals surface area (Å²) in [5, 5.41) is 3.52. The smallest absolute Gasteiger partial charge is 0.253 e. The van der Waals surface area contributed by atoms with E-state index >= 15 is 0 Å². The van der Waals surface area contributed by atoms with Crippen molar-refractivity contribution in [1.29, 1.82) is 0 Å². The van der Waals surface area contributed by atoms with Gasteiger partial charge in [-0.3, -0.25) is 4.79 Å². The second-order valence-electron chi connectivity index (χ2n) is 5.14. The lowest BCUT2D eigenvalue weighted by Crippen LogP contribution is -2.57. The highest BCUT2D eigenvalue weighted by Gasteiger charge is 2.39. The highest BCUT2D eigenvalue weighted by molar-refractivity contribution is 6.35. The number of likely N-dealkylation sites (N-methyl/N-ethyl adjacent to an activating group) is 1. The standard InChI is InChI=1S/C13H17Cl2N3O/c1-18(2)13(4-3-5-13)8-17-12(19)9-6-11(15)16-7-10(9)14/h6-7H,3-5,8H2,1-2H3,(H,17,19). The molecule has 0 atom stereocenters. The van der Waals surface area contributed by atoms with Crippen LogP contribution in [0.25, 0.3) is 0 Å². The van der Waals surface area contributed by atoms with E-state index in [4.69, 9.17) is 23.2 Å². The molecule has 1 fully saturated rings. The number of rotatable bonds is 4. The van der Waals surface area contributed by atoms with Crippen molar-refractivity contribution in [2.45, 2.75) is 24.8 Å². The van der Waals surface area contributed by atoms with Crippen LogP contribution in [0.3, 0.4) is 0 Å². The van der Waals surface area contributed by atoms with Gasteiger partial charge in [-0.1, -0.05) is 23.2 Å². The lowest BCUT2D eigenvalue weighted by Gasteiger charge is -2.47. The number of aromatic nitrogens is 1. The normalized spacial score (nSPS) is 17.1. The van der Waals surface area contributed by atoms with E-state index in [0.717, 1.165) is 12.8 Å². The van der Waals surface area contributed by atoms with Crippen molar-refractivity contribution in [1.82, 2.24) is 15.2 Å². The van der Waals surface area contributed by atoms with Crippen LogP contribution in [0, 0.1) is 0 Å². The lowest BCUT2D eigenvalue weighted by atomic mass is 9.75. The molecule has 1 aliphatic carbocycles. The summed E-state index contributed by atoms with van der Waals surface area (Å²) >= 11 is 11.7. The number of nitrogens with zero attached hydrogens (tertiary/aromatic N) is 2. The molecule has 0 aromatic carbocycles. The fourth-order valence-electron chi connectivity index (χ4n) is 2.29. The third-order valence-corrected chi connectivity index (χ3v) is 4.39. The van der Waals surface area contributed by atoms with E-state index in [0.29, 0.717) is 17.1 Å². The summed E-state index contributed by atoms with van der Waals surface area (Å²) in [4.78, 5) is 18.1. The number of hydrogen-bond acceptors (Lipinski definition) is 3. The van der Waals surface area contributed by atoms with E-state index in [9.17, 15) is 4.79 Å². The summed E-state index contributed by atoms with van der Waals surface area (Å²) in [6.45, 7) is 0.620. The molecule has 4 nitrogen and oxygen atoms in total. The Morgan fingerprint density at radius 2 is 2.16 bits per heavy atom. The van der Waals surface area contributed by atoms with E-state index in [1.807, 2.05) is 14.1 Å². The largest absolute Gasteiger partial charge is 0.350 e. The molecule has 6 heteroatoms. The van der Waals surface area contributed by atoms with Gasteiger partial charge < -0.3 is 10.2 Å². The first-order chi connectivity index (χ1) is 8.94. The quantitative estimate of drug-likeness (QED) is 0.870. The van der Waals surface area contributed by atoms with Crippen molar-refractivity contribution in [3.05, 3.63) is 28.0 Å². The van der Waals surface area contributed by atoms with Crippen LogP contribution in [0.15, 0.2) is 12.3 Å². The van der Waals surface area contributed by atoms with Crippen molar-refractivity contribution in [3.8, 4) is 0 Å². The second-order valence-corrected chi connectivity index (χ2v) is 5.94. The highest BCUT2D eigenvalue weighted by atomic mass is 35.5. The Morgan fingerprint density at radius 1 is 1.47 bits per heavy atom. The van der Waals surface area contributed by atoms with Gasteiger partial charge in [0.15, 0.2) is 0 Å². The van der Waals surface area contributed by atoms with Crippen LogP contribution in [-0.4, -0.2) is 42.0 Å².